The van der Waals surface area contributed by atoms with Crippen LogP contribution in [0.1, 0.15) is 38.3 Å². The molecule has 1 N–H and O–H groups in total. The molecule has 90 valence electrons. The van der Waals surface area contributed by atoms with Crippen molar-refractivity contribution in [3.8, 4) is 5.75 Å². The van der Waals surface area contributed by atoms with Crippen molar-refractivity contribution in [3.63, 3.8) is 0 Å². The van der Waals surface area contributed by atoms with Gasteiger partial charge in [0.05, 0.1) is 6.61 Å². The summed E-state index contributed by atoms with van der Waals surface area (Å²) < 4.78 is 5.62. The van der Waals surface area contributed by atoms with Crippen LogP contribution in [0.3, 0.4) is 0 Å². The molecule has 1 rings (SSSR count). The molecular weight excluding hydrogens is 198 g/mol. The summed E-state index contributed by atoms with van der Waals surface area (Å²) in [5, 5.41) is 3.49. The molecule has 0 saturated heterocycles. The normalized spacial score (nSPS) is 12.5. The molecule has 16 heavy (non-hydrogen) atoms. The maximum absolute atomic E-state index is 5.62. The molecule has 0 fully saturated rings. The zero-order valence-corrected chi connectivity index (χ0v) is 10.8. The van der Waals surface area contributed by atoms with Gasteiger partial charge in [-0.1, -0.05) is 24.6 Å². The third kappa shape index (κ3) is 3.86. The minimum absolute atomic E-state index is 0.551. The van der Waals surface area contributed by atoms with Crippen LogP contribution < -0.4 is 10.1 Å². The largest absolute Gasteiger partial charge is 0.494 e. The summed E-state index contributed by atoms with van der Waals surface area (Å²) in [5.74, 6) is 1.00. The van der Waals surface area contributed by atoms with E-state index in [-0.39, 0.29) is 0 Å². The Bertz CT molecular complexity index is 323. The smallest absolute Gasteiger partial charge is 0.123 e. The number of benzene rings is 1. The van der Waals surface area contributed by atoms with Crippen molar-refractivity contribution in [2.75, 3.05) is 6.61 Å². The average Bonchev–Trinajstić information content (AvgIpc) is 2.29. The molecule has 1 atom stereocenters. The minimum Gasteiger partial charge on any atom is -0.494 e. The topological polar surface area (TPSA) is 21.3 Å². The fraction of sp³-hybridized carbons (Fsp3) is 0.571. The second-order valence-corrected chi connectivity index (χ2v) is 4.23. The molecule has 0 aliphatic rings. The van der Waals surface area contributed by atoms with Gasteiger partial charge >= 0.3 is 0 Å². The Labute approximate surface area is 99.0 Å². The van der Waals surface area contributed by atoms with Crippen LogP contribution >= 0.6 is 0 Å². The first-order valence-electron chi connectivity index (χ1n) is 6.13. The average molecular weight is 221 g/mol. The molecule has 0 aliphatic carbocycles. The molecule has 0 bridgehead atoms. The van der Waals surface area contributed by atoms with Crippen molar-refractivity contribution >= 4 is 0 Å². The van der Waals surface area contributed by atoms with Crippen LogP contribution in [-0.2, 0) is 6.54 Å². The van der Waals surface area contributed by atoms with Crippen molar-refractivity contribution in [1.29, 1.82) is 0 Å². The van der Waals surface area contributed by atoms with E-state index in [1.54, 1.807) is 0 Å². The Morgan fingerprint density at radius 3 is 2.69 bits per heavy atom. The van der Waals surface area contributed by atoms with Gasteiger partial charge in [-0.15, -0.1) is 0 Å². The Kier molecular flexibility index (Phi) is 5.33. The fourth-order valence-electron chi connectivity index (χ4n) is 1.57. The van der Waals surface area contributed by atoms with Gasteiger partial charge in [-0.25, -0.2) is 0 Å². The van der Waals surface area contributed by atoms with E-state index < -0.39 is 0 Å². The summed E-state index contributed by atoms with van der Waals surface area (Å²) in [7, 11) is 0. The standard InChI is InChI=1S/C14H23NO/c1-5-12(4)15-10-13-9-11(3)7-8-14(13)16-6-2/h7-9,12,15H,5-6,10H2,1-4H3/t12-/m1/s1. The molecule has 0 amide bonds. The van der Waals surface area contributed by atoms with Crippen molar-refractivity contribution in [2.45, 2.75) is 46.7 Å². The lowest BCUT2D eigenvalue weighted by atomic mass is 10.1. The second-order valence-electron chi connectivity index (χ2n) is 4.23. The SMILES string of the molecule is CCOc1ccc(C)cc1CN[C@H](C)CC. The lowest BCUT2D eigenvalue weighted by Gasteiger charge is -2.15. The van der Waals surface area contributed by atoms with Gasteiger partial charge < -0.3 is 10.1 Å². The monoisotopic (exact) mass is 221 g/mol. The number of hydrogen-bond acceptors (Lipinski definition) is 2. The van der Waals surface area contributed by atoms with Crippen molar-refractivity contribution in [3.05, 3.63) is 29.3 Å². The molecule has 2 nitrogen and oxygen atoms in total. The van der Waals surface area contributed by atoms with E-state index in [4.69, 9.17) is 4.74 Å². The summed E-state index contributed by atoms with van der Waals surface area (Å²) in [6, 6.07) is 6.90. The first kappa shape index (κ1) is 13.0. The Morgan fingerprint density at radius 2 is 2.06 bits per heavy atom. The van der Waals surface area contributed by atoms with Gasteiger partial charge in [-0.2, -0.15) is 0 Å². The molecule has 2 heteroatoms. The molecule has 0 spiro atoms. The molecule has 0 saturated carbocycles. The second kappa shape index (κ2) is 6.54. The van der Waals surface area contributed by atoms with E-state index in [9.17, 15) is 0 Å². The zero-order chi connectivity index (χ0) is 12.0. The van der Waals surface area contributed by atoms with Gasteiger partial charge in [-0.3, -0.25) is 0 Å². The van der Waals surface area contributed by atoms with Gasteiger partial charge in [0.2, 0.25) is 0 Å². The Balaban J connectivity index is 2.71. The van der Waals surface area contributed by atoms with Crippen LogP contribution in [0.5, 0.6) is 5.75 Å². The van der Waals surface area contributed by atoms with Gasteiger partial charge in [0.15, 0.2) is 0 Å². The number of hydrogen-bond donors (Lipinski definition) is 1. The Morgan fingerprint density at radius 1 is 1.31 bits per heavy atom. The van der Waals surface area contributed by atoms with E-state index in [1.165, 1.54) is 11.1 Å². The number of aryl methyl sites for hydroxylation is 1. The zero-order valence-electron chi connectivity index (χ0n) is 10.8. The van der Waals surface area contributed by atoms with E-state index in [2.05, 4.69) is 44.3 Å². The molecule has 1 aromatic carbocycles. The highest BCUT2D eigenvalue weighted by molar-refractivity contribution is 5.36. The highest BCUT2D eigenvalue weighted by atomic mass is 16.5. The summed E-state index contributed by atoms with van der Waals surface area (Å²) in [6.07, 6.45) is 1.15. The summed E-state index contributed by atoms with van der Waals surface area (Å²) in [4.78, 5) is 0. The molecule has 1 aromatic rings. The van der Waals surface area contributed by atoms with E-state index >= 15 is 0 Å². The van der Waals surface area contributed by atoms with Crippen molar-refractivity contribution < 1.29 is 4.74 Å². The van der Waals surface area contributed by atoms with E-state index in [0.29, 0.717) is 6.04 Å². The summed E-state index contributed by atoms with van der Waals surface area (Å²) in [5.41, 5.74) is 2.53. The minimum atomic E-state index is 0.551. The van der Waals surface area contributed by atoms with E-state index in [0.717, 1.165) is 25.3 Å². The molecule has 0 heterocycles. The van der Waals surface area contributed by atoms with Gasteiger partial charge in [0.1, 0.15) is 5.75 Å². The predicted molar refractivity (Wildman–Crippen MR) is 68.9 cm³/mol. The summed E-state index contributed by atoms with van der Waals surface area (Å²) in [6.45, 7) is 10.1. The third-order valence-corrected chi connectivity index (χ3v) is 2.77. The maximum atomic E-state index is 5.62. The van der Waals surface area contributed by atoms with Crippen LogP contribution in [0.4, 0.5) is 0 Å². The van der Waals surface area contributed by atoms with Crippen LogP contribution in [0.15, 0.2) is 18.2 Å². The predicted octanol–water partition coefficient (Wildman–Crippen LogP) is 3.28. The van der Waals surface area contributed by atoms with Crippen LogP contribution in [0.25, 0.3) is 0 Å². The lowest BCUT2D eigenvalue weighted by Crippen LogP contribution is -2.24. The van der Waals surface area contributed by atoms with Crippen LogP contribution in [-0.4, -0.2) is 12.6 Å². The van der Waals surface area contributed by atoms with Crippen LogP contribution in [0, 0.1) is 6.92 Å². The first-order valence-corrected chi connectivity index (χ1v) is 6.13. The highest BCUT2D eigenvalue weighted by Gasteiger charge is 2.05. The maximum Gasteiger partial charge on any atom is 0.123 e. The number of rotatable bonds is 6. The Hall–Kier alpha value is -1.02. The number of nitrogens with one attached hydrogen (secondary N) is 1. The van der Waals surface area contributed by atoms with Gasteiger partial charge in [0, 0.05) is 18.2 Å². The summed E-state index contributed by atoms with van der Waals surface area (Å²) >= 11 is 0. The first-order chi connectivity index (χ1) is 7.67. The third-order valence-electron chi connectivity index (χ3n) is 2.77. The quantitative estimate of drug-likeness (QED) is 0.796. The molecular formula is C14H23NO. The van der Waals surface area contributed by atoms with Crippen LogP contribution in [0.2, 0.25) is 0 Å². The molecule has 0 unspecified atom stereocenters. The highest BCUT2D eigenvalue weighted by Crippen LogP contribution is 2.20. The molecule has 0 radical (unpaired) electrons. The van der Waals surface area contributed by atoms with Gasteiger partial charge in [-0.05, 0) is 33.3 Å². The number of ether oxygens (including phenoxy) is 1. The van der Waals surface area contributed by atoms with E-state index in [1.807, 2.05) is 6.92 Å². The van der Waals surface area contributed by atoms with Crippen molar-refractivity contribution in [2.24, 2.45) is 0 Å². The molecule has 0 aromatic heterocycles. The molecule has 0 aliphatic heterocycles. The van der Waals surface area contributed by atoms with Gasteiger partial charge in [0.25, 0.3) is 0 Å². The van der Waals surface area contributed by atoms with Crippen molar-refractivity contribution in [1.82, 2.24) is 5.32 Å². The lowest BCUT2D eigenvalue weighted by molar-refractivity contribution is 0.334. The fourth-order valence-corrected chi connectivity index (χ4v) is 1.57.